The van der Waals surface area contributed by atoms with Crippen LogP contribution in [-0.2, 0) is 0 Å². The van der Waals surface area contributed by atoms with Crippen LogP contribution in [0.4, 0.5) is 0 Å². The van der Waals surface area contributed by atoms with Gasteiger partial charge >= 0.3 is 0 Å². The van der Waals surface area contributed by atoms with E-state index in [1.165, 1.54) is 0 Å². The van der Waals surface area contributed by atoms with Gasteiger partial charge in [0.25, 0.3) is 0 Å². The Morgan fingerprint density at radius 1 is 1.18 bits per heavy atom. The molecule has 2 aromatic heterocycles. The highest BCUT2D eigenvalue weighted by Gasteiger charge is 2.04. The summed E-state index contributed by atoms with van der Waals surface area (Å²) < 4.78 is 1.78. The van der Waals surface area contributed by atoms with Gasteiger partial charge < -0.3 is 0 Å². The van der Waals surface area contributed by atoms with Gasteiger partial charge in [-0.05, 0) is 18.4 Å². The molecule has 0 aromatic carbocycles. The maximum Gasteiger partial charge on any atom is 0.155 e. The molecule has 0 aliphatic heterocycles. The first kappa shape index (κ1) is 15.6. The summed E-state index contributed by atoms with van der Waals surface area (Å²) >= 11 is 0. The Balaban J connectivity index is 0.000000581. The third kappa shape index (κ3) is 4.17. The molecule has 3 nitrogen and oxygen atoms in total. The zero-order chi connectivity index (χ0) is 13.3. The van der Waals surface area contributed by atoms with E-state index >= 15 is 0 Å². The summed E-state index contributed by atoms with van der Waals surface area (Å²) in [6.45, 7) is 12.4. The average molecular weight is 235 g/mol. The van der Waals surface area contributed by atoms with Crippen LogP contribution < -0.4 is 0 Å². The molecule has 0 N–H and O–H groups in total. The molecule has 1 atom stereocenters. The molecule has 2 aromatic rings. The van der Waals surface area contributed by atoms with E-state index in [-0.39, 0.29) is 0 Å². The average Bonchev–Trinajstić information content (AvgIpc) is 2.89. The molecule has 0 spiro atoms. The lowest BCUT2D eigenvalue weighted by atomic mass is 10.1. The lowest BCUT2D eigenvalue weighted by Crippen LogP contribution is -1.98. The molecule has 2 heterocycles. The highest BCUT2D eigenvalue weighted by molar-refractivity contribution is 5.36. The van der Waals surface area contributed by atoms with Crippen molar-refractivity contribution >= 4 is 5.65 Å². The molecule has 0 aliphatic carbocycles. The van der Waals surface area contributed by atoms with Crippen molar-refractivity contribution in [2.24, 2.45) is 0 Å². The van der Waals surface area contributed by atoms with E-state index in [0.29, 0.717) is 5.92 Å². The quantitative estimate of drug-likeness (QED) is 0.777. The van der Waals surface area contributed by atoms with Crippen molar-refractivity contribution in [3.63, 3.8) is 0 Å². The molecule has 0 aliphatic rings. The van der Waals surface area contributed by atoms with Gasteiger partial charge in [-0.3, -0.25) is 0 Å². The van der Waals surface area contributed by atoms with Crippen molar-refractivity contribution in [3.05, 3.63) is 30.2 Å². The van der Waals surface area contributed by atoms with Crippen molar-refractivity contribution in [3.8, 4) is 0 Å². The van der Waals surface area contributed by atoms with Crippen LogP contribution in [0, 0.1) is 0 Å². The van der Waals surface area contributed by atoms with Crippen LogP contribution >= 0.6 is 0 Å². The zero-order valence-electron chi connectivity index (χ0n) is 11.9. The maximum atomic E-state index is 4.51. The second kappa shape index (κ2) is 8.74. The first-order valence-corrected chi connectivity index (χ1v) is 6.61. The topological polar surface area (TPSA) is 30.2 Å². The molecular weight excluding hydrogens is 210 g/mol. The predicted octanol–water partition coefficient (Wildman–Crippen LogP) is 4.30. The number of aromatic nitrogens is 3. The molecule has 0 radical (unpaired) electrons. The summed E-state index contributed by atoms with van der Waals surface area (Å²) in [5, 5.41) is 4.10. The zero-order valence-corrected chi connectivity index (χ0v) is 11.9. The third-order valence-electron chi connectivity index (χ3n) is 2.40. The minimum atomic E-state index is 0.528. The Morgan fingerprint density at radius 2 is 1.82 bits per heavy atom. The van der Waals surface area contributed by atoms with Gasteiger partial charge in [0.2, 0.25) is 0 Å². The van der Waals surface area contributed by atoms with Crippen molar-refractivity contribution in [2.75, 3.05) is 0 Å². The molecule has 96 valence electrons. The van der Waals surface area contributed by atoms with Crippen LogP contribution in [0.15, 0.2) is 24.5 Å². The number of hydrogen-bond acceptors (Lipinski definition) is 2. The highest BCUT2D eigenvalue weighted by atomic mass is 15.2. The van der Waals surface area contributed by atoms with Gasteiger partial charge in [0.1, 0.15) is 0 Å². The van der Waals surface area contributed by atoms with Gasteiger partial charge in [-0.2, -0.15) is 5.10 Å². The summed E-state index contributed by atoms with van der Waals surface area (Å²) in [7, 11) is 0. The Morgan fingerprint density at radius 3 is 2.41 bits per heavy atom. The van der Waals surface area contributed by atoms with E-state index in [4.69, 9.17) is 0 Å². The summed E-state index contributed by atoms with van der Waals surface area (Å²) in [5.74, 6) is 0.528. The minimum Gasteiger partial charge on any atom is -0.233 e. The minimum absolute atomic E-state index is 0.528. The number of fused-ring (bicyclic) bond motifs is 1. The van der Waals surface area contributed by atoms with Crippen LogP contribution in [0.3, 0.4) is 0 Å². The molecule has 0 fully saturated rings. The second-order valence-electron chi connectivity index (χ2n) is 3.30. The van der Waals surface area contributed by atoms with E-state index in [9.17, 15) is 0 Å². The molecular formula is C14H25N3. The maximum absolute atomic E-state index is 4.51. The Hall–Kier alpha value is -1.38. The van der Waals surface area contributed by atoms with Crippen molar-refractivity contribution < 1.29 is 0 Å². The third-order valence-corrected chi connectivity index (χ3v) is 2.40. The van der Waals surface area contributed by atoms with Crippen molar-refractivity contribution in [1.82, 2.24) is 14.6 Å². The predicted molar refractivity (Wildman–Crippen MR) is 74.4 cm³/mol. The number of rotatable bonds is 2. The lowest BCUT2D eigenvalue weighted by molar-refractivity contribution is 0.705. The van der Waals surface area contributed by atoms with Crippen molar-refractivity contribution in [2.45, 2.75) is 53.9 Å². The molecule has 0 bridgehead atoms. The molecule has 17 heavy (non-hydrogen) atoms. The van der Waals surface area contributed by atoms with Crippen LogP contribution in [0.25, 0.3) is 5.65 Å². The Kier molecular flexibility index (Phi) is 8.03. The molecule has 2 rings (SSSR count). The van der Waals surface area contributed by atoms with E-state index in [2.05, 4.69) is 23.9 Å². The fraction of sp³-hybridized carbons (Fsp3) is 0.571. The Labute approximate surface area is 105 Å². The molecule has 0 saturated heterocycles. The summed E-state index contributed by atoms with van der Waals surface area (Å²) in [6.07, 6.45) is 4.85. The molecule has 0 amide bonds. The molecule has 1 unspecified atom stereocenters. The summed E-state index contributed by atoms with van der Waals surface area (Å²) in [4.78, 5) is 4.51. The normalized spacial score (nSPS) is 10.9. The van der Waals surface area contributed by atoms with Crippen LogP contribution in [0.5, 0.6) is 0 Å². The summed E-state index contributed by atoms with van der Waals surface area (Å²) in [5.41, 5.74) is 2.08. The fourth-order valence-corrected chi connectivity index (χ4v) is 1.31. The first-order valence-electron chi connectivity index (χ1n) is 6.61. The molecule has 0 saturated carbocycles. The second-order valence-corrected chi connectivity index (χ2v) is 3.30. The van der Waals surface area contributed by atoms with E-state index in [1.54, 1.807) is 10.7 Å². The first-order chi connectivity index (χ1) is 8.31. The SMILES string of the molecule is CC.CC.CCC(C)c1ccn2nccc2n1. The van der Waals surface area contributed by atoms with Gasteiger partial charge in [0.05, 0.1) is 6.20 Å². The largest absolute Gasteiger partial charge is 0.233 e. The van der Waals surface area contributed by atoms with Gasteiger partial charge in [-0.25, -0.2) is 9.50 Å². The van der Waals surface area contributed by atoms with Crippen LogP contribution in [0.2, 0.25) is 0 Å². The standard InChI is InChI=1S/C10H13N3.2C2H6/c1-3-8(2)9-5-7-13-10(12-9)4-6-11-13;2*1-2/h4-8H,3H2,1-2H3;2*1-2H3. The van der Waals surface area contributed by atoms with E-state index in [1.807, 2.05) is 46.0 Å². The molecule has 3 heteroatoms. The fourth-order valence-electron chi connectivity index (χ4n) is 1.31. The number of nitrogens with zero attached hydrogens (tertiary/aromatic N) is 3. The van der Waals surface area contributed by atoms with E-state index in [0.717, 1.165) is 17.8 Å². The Bertz CT molecular complexity index is 407. The van der Waals surface area contributed by atoms with Gasteiger partial charge in [-0.1, -0.05) is 41.5 Å². The van der Waals surface area contributed by atoms with Crippen LogP contribution in [0.1, 0.15) is 59.6 Å². The number of hydrogen-bond donors (Lipinski definition) is 0. The summed E-state index contributed by atoms with van der Waals surface area (Å²) in [6, 6.07) is 3.96. The van der Waals surface area contributed by atoms with Crippen molar-refractivity contribution in [1.29, 1.82) is 0 Å². The highest BCUT2D eigenvalue weighted by Crippen LogP contribution is 2.16. The van der Waals surface area contributed by atoms with Gasteiger partial charge in [0.15, 0.2) is 5.65 Å². The monoisotopic (exact) mass is 235 g/mol. The smallest absolute Gasteiger partial charge is 0.155 e. The lowest BCUT2D eigenvalue weighted by Gasteiger charge is -2.06. The van der Waals surface area contributed by atoms with Crippen LogP contribution in [-0.4, -0.2) is 14.6 Å². The van der Waals surface area contributed by atoms with Gasteiger partial charge in [-0.15, -0.1) is 0 Å². The van der Waals surface area contributed by atoms with Gasteiger partial charge in [0, 0.05) is 18.0 Å². The van der Waals surface area contributed by atoms with E-state index < -0.39 is 0 Å².